The number of fused-ring (bicyclic) bond motifs is 2. The van der Waals surface area contributed by atoms with Gasteiger partial charge in [0, 0.05) is 22.5 Å². The molecule has 0 bridgehead atoms. The SMILES string of the molecule is COC(=O)c1ccc(Nc2ccc(-c3cccc4c3OCCO4)nc2OC)cc1.COc1nc(-c2cccc3c2OCCO3)ccc1Nc1ccc(C(=O)O)cc1. The second-order valence-electron chi connectivity index (χ2n) is 12.4. The molecule has 6 aromatic rings. The molecule has 0 amide bonds. The lowest BCUT2D eigenvalue weighted by molar-refractivity contribution is 0.0599. The van der Waals surface area contributed by atoms with Crippen molar-refractivity contribution in [3.8, 4) is 57.3 Å². The number of carboxylic acid groups (broad SMARTS) is 1. The van der Waals surface area contributed by atoms with Crippen molar-refractivity contribution in [2.24, 2.45) is 0 Å². The number of hydrogen-bond acceptors (Lipinski definition) is 13. The number of anilines is 4. The molecule has 2 aliphatic heterocycles. The van der Waals surface area contributed by atoms with E-state index in [4.69, 9.17) is 38.3 Å². The summed E-state index contributed by atoms with van der Waals surface area (Å²) < 4.78 is 38.5. The number of rotatable bonds is 10. The minimum absolute atomic E-state index is 0.224. The Morgan fingerprint density at radius 1 is 0.561 bits per heavy atom. The molecule has 2 aromatic heterocycles. The molecule has 0 spiro atoms. The number of hydrogen-bond donors (Lipinski definition) is 3. The Labute approximate surface area is 327 Å². The highest BCUT2D eigenvalue weighted by Gasteiger charge is 2.20. The molecule has 0 atom stereocenters. The number of para-hydroxylation sites is 2. The molecular formula is C43H38N4O10. The highest BCUT2D eigenvalue weighted by Crippen LogP contribution is 2.42. The average molecular weight is 771 g/mol. The lowest BCUT2D eigenvalue weighted by Crippen LogP contribution is -2.16. The summed E-state index contributed by atoms with van der Waals surface area (Å²) in [7, 11) is 4.47. The van der Waals surface area contributed by atoms with Gasteiger partial charge in [-0.2, -0.15) is 0 Å². The normalized spacial score (nSPS) is 12.3. The van der Waals surface area contributed by atoms with Crippen LogP contribution < -0.4 is 39.1 Å². The van der Waals surface area contributed by atoms with Crippen LogP contribution in [-0.4, -0.2) is 74.8 Å². The first-order valence-corrected chi connectivity index (χ1v) is 17.8. The van der Waals surface area contributed by atoms with Gasteiger partial charge in [0.15, 0.2) is 23.0 Å². The number of nitrogens with one attached hydrogen (secondary N) is 2. The number of aromatic nitrogens is 2. The quantitative estimate of drug-likeness (QED) is 0.114. The zero-order valence-electron chi connectivity index (χ0n) is 31.2. The summed E-state index contributed by atoms with van der Waals surface area (Å²) in [5.74, 6) is 2.28. The van der Waals surface area contributed by atoms with Gasteiger partial charge in [0.25, 0.3) is 0 Å². The van der Waals surface area contributed by atoms with Crippen molar-refractivity contribution >= 4 is 34.7 Å². The van der Waals surface area contributed by atoms with E-state index < -0.39 is 5.97 Å². The van der Waals surface area contributed by atoms with Crippen LogP contribution in [-0.2, 0) is 4.74 Å². The molecule has 0 saturated carbocycles. The number of ether oxygens (including phenoxy) is 7. The van der Waals surface area contributed by atoms with Gasteiger partial charge >= 0.3 is 11.9 Å². The molecule has 0 unspecified atom stereocenters. The number of benzene rings is 4. The molecule has 8 rings (SSSR count). The van der Waals surface area contributed by atoms with Gasteiger partial charge in [-0.15, -0.1) is 0 Å². The van der Waals surface area contributed by atoms with Gasteiger partial charge in [-0.1, -0.05) is 12.1 Å². The molecule has 0 aliphatic carbocycles. The van der Waals surface area contributed by atoms with Crippen LogP contribution in [0.3, 0.4) is 0 Å². The summed E-state index contributed by atoms with van der Waals surface area (Å²) in [4.78, 5) is 31.8. The minimum Gasteiger partial charge on any atom is -0.486 e. The topological polar surface area (TPSA) is 169 Å². The van der Waals surface area contributed by atoms with E-state index in [9.17, 15) is 9.59 Å². The molecule has 57 heavy (non-hydrogen) atoms. The molecule has 2 aliphatic rings. The van der Waals surface area contributed by atoms with Crippen molar-refractivity contribution in [2.75, 3.05) is 58.4 Å². The van der Waals surface area contributed by atoms with E-state index in [1.807, 2.05) is 60.7 Å². The molecule has 0 radical (unpaired) electrons. The number of carboxylic acids is 1. The molecule has 4 heterocycles. The summed E-state index contributed by atoms with van der Waals surface area (Å²) >= 11 is 0. The predicted molar refractivity (Wildman–Crippen MR) is 212 cm³/mol. The van der Waals surface area contributed by atoms with E-state index in [0.717, 1.165) is 28.2 Å². The number of esters is 1. The van der Waals surface area contributed by atoms with Crippen molar-refractivity contribution in [3.63, 3.8) is 0 Å². The number of pyridine rings is 2. The highest BCUT2D eigenvalue weighted by molar-refractivity contribution is 5.90. The van der Waals surface area contributed by atoms with Crippen LogP contribution in [0.25, 0.3) is 22.5 Å². The summed E-state index contributed by atoms with van der Waals surface area (Å²) in [6.45, 7) is 2.05. The van der Waals surface area contributed by atoms with Crippen LogP contribution in [0, 0.1) is 0 Å². The highest BCUT2D eigenvalue weighted by atomic mass is 16.6. The first-order chi connectivity index (χ1) is 27.8. The molecule has 290 valence electrons. The number of aromatic carboxylic acids is 1. The number of carbonyl (C=O) groups is 2. The van der Waals surface area contributed by atoms with Crippen LogP contribution in [0.15, 0.2) is 109 Å². The molecule has 3 N–H and O–H groups in total. The smallest absolute Gasteiger partial charge is 0.337 e. The van der Waals surface area contributed by atoms with Crippen LogP contribution in [0.2, 0.25) is 0 Å². The third-order valence-corrected chi connectivity index (χ3v) is 8.79. The average Bonchev–Trinajstić information content (AvgIpc) is 3.26. The number of carbonyl (C=O) groups excluding carboxylic acids is 1. The van der Waals surface area contributed by atoms with Gasteiger partial charge < -0.3 is 48.9 Å². The van der Waals surface area contributed by atoms with Crippen molar-refractivity contribution in [1.29, 1.82) is 0 Å². The zero-order chi connectivity index (χ0) is 39.7. The van der Waals surface area contributed by atoms with Crippen molar-refractivity contribution < 1.29 is 47.9 Å². The van der Waals surface area contributed by atoms with Crippen LogP contribution in [0.4, 0.5) is 22.7 Å². The van der Waals surface area contributed by atoms with Gasteiger partial charge in [0.05, 0.1) is 43.8 Å². The standard InChI is InChI=1S/C22H20N2O5.C21H18N2O5/c1-26-21-18(23-15-8-6-14(7-9-15)22(25)27-2)11-10-17(24-21)16-4-3-5-19-20(16)29-13-12-28-19;1-26-20-17(22-14-7-5-13(6-8-14)21(24)25)10-9-16(23-20)15-3-2-4-18-19(15)28-12-11-27-18/h3-11,23H,12-13H2,1-2H3;2-10,22H,11-12H2,1H3,(H,24,25). The van der Waals surface area contributed by atoms with E-state index in [2.05, 4.69) is 20.6 Å². The molecule has 14 nitrogen and oxygen atoms in total. The zero-order valence-corrected chi connectivity index (χ0v) is 31.2. The number of methoxy groups -OCH3 is 3. The Hall–Kier alpha value is -7.48. The number of nitrogens with zero attached hydrogens (tertiary/aromatic N) is 2. The summed E-state index contributed by atoms with van der Waals surface area (Å²) in [6, 6.07) is 32.3. The van der Waals surface area contributed by atoms with Crippen molar-refractivity contribution in [1.82, 2.24) is 9.97 Å². The second kappa shape index (κ2) is 17.3. The maximum Gasteiger partial charge on any atom is 0.337 e. The molecule has 0 saturated heterocycles. The van der Waals surface area contributed by atoms with E-state index >= 15 is 0 Å². The summed E-state index contributed by atoms with van der Waals surface area (Å²) in [5.41, 5.74) is 6.67. The fourth-order valence-electron chi connectivity index (χ4n) is 6.05. The van der Waals surface area contributed by atoms with Crippen molar-refractivity contribution in [2.45, 2.75) is 0 Å². The third kappa shape index (κ3) is 8.60. The molecular weight excluding hydrogens is 732 g/mol. The van der Waals surface area contributed by atoms with Gasteiger partial charge in [-0.05, 0) is 97.1 Å². The Morgan fingerprint density at radius 3 is 1.42 bits per heavy atom. The summed E-state index contributed by atoms with van der Waals surface area (Å²) in [6.07, 6.45) is 0. The lowest BCUT2D eigenvalue weighted by atomic mass is 10.1. The van der Waals surface area contributed by atoms with Gasteiger partial charge in [0.1, 0.15) is 37.8 Å². The van der Waals surface area contributed by atoms with Crippen molar-refractivity contribution in [3.05, 3.63) is 120 Å². The maximum absolute atomic E-state index is 11.6. The Balaban J connectivity index is 0.000000174. The summed E-state index contributed by atoms with van der Waals surface area (Å²) in [5, 5.41) is 15.4. The largest absolute Gasteiger partial charge is 0.486 e. The van der Waals surface area contributed by atoms with E-state index in [1.165, 1.54) is 19.2 Å². The molecule has 0 fully saturated rings. The maximum atomic E-state index is 11.6. The fraction of sp³-hybridized carbons (Fsp3) is 0.163. The Kier molecular flexibility index (Phi) is 11.5. The van der Waals surface area contributed by atoms with Gasteiger partial charge in [-0.3, -0.25) is 0 Å². The Morgan fingerprint density at radius 2 is 1.00 bits per heavy atom. The predicted octanol–water partition coefficient (Wildman–Crippen LogP) is 8.03. The Bertz CT molecular complexity index is 2390. The van der Waals surface area contributed by atoms with Gasteiger partial charge in [0.2, 0.25) is 11.8 Å². The first-order valence-electron chi connectivity index (χ1n) is 17.8. The third-order valence-electron chi connectivity index (χ3n) is 8.79. The van der Waals surface area contributed by atoms with Crippen LogP contribution in [0.1, 0.15) is 20.7 Å². The van der Waals surface area contributed by atoms with Crippen LogP contribution >= 0.6 is 0 Å². The lowest BCUT2D eigenvalue weighted by Gasteiger charge is -2.21. The second-order valence-corrected chi connectivity index (χ2v) is 12.4. The van der Waals surface area contributed by atoms with Crippen LogP contribution in [0.5, 0.6) is 34.8 Å². The monoisotopic (exact) mass is 770 g/mol. The minimum atomic E-state index is -0.965. The van der Waals surface area contributed by atoms with Gasteiger partial charge in [-0.25, -0.2) is 19.6 Å². The van der Waals surface area contributed by atoms with E-state index in [0.29, 0.717) is 83.8 Å². The first kappa shape index (κ1) is 37.8. The van der Waals surface area contributed by atoms with E-state index in [1.54, 1.807) is 50.6 Å². The molecule has 4 aromatic carbocycles. The van der Waals surface area contributed by atoms with E-state index in [-0.39, 0.29) is 11.5 Å². The fourth-order valence-corrected chi connectivity index (χ4v) is 6.05. The molecule has 14 heteroatoms.